The largest absolute Gasteiger partial charge is 0.507 e. The van der Waals surface area contributed by atoms with E-state index in [9.17, 15) is 34.4 Å². The van der Waals surface area contributed by atoms with Gasteiger partial charge in [-0.3, -0.25) is 34.2 Å². The molecule has 3 aromatic rings. The summed E-state index contributed by atoms with van der Waals surface area (Å²) in [6.07, 6.45) is 1.77. The van der Waals surface area contributed by atoms with Gasteiger partial charge in [0.05, 0.1) is 27.9 Å². The van der Waals surface area contributed by atoms with Crippen LogP contribution in [0.4, 0.5) is 11.4 Å². The molecule has 0 spiro atoms. The smallest absolute Gasteiger partial charge is 0.271 e. The maximum Gasteiger partial charge on any atom is 0.271 e. The van der Waals surface area contributed by atoms with Crippen LogP contribution in [0, 0.1) is 27.9 Å². The lowest BCUT2D eigenvalue weighted by Gasteiger charge is -2.51. The van der Waals surface area contributed by atoms with Crippen LogP contribution in [0.15, 0.2) is 72.3 Å². The summed E-state index contributed by atoms with van der Waals surface area (Å²) in [6, 6.07) is 15.5. The summed E-state index contributed by atoms with van der Waals surface area (Å²) in [5.74, 6) is -5.99. The quantitative estimate of drug-likeness (QED) is 0.0966. The summed E-state index contributed by atoms with van der Waals surface area (Å²) in [6.45, 7) is 0. The highest BCUT2D eigenvalue weighted by Gasteiger charge is 2.76. The molecule has 0 unspecified atom stereocenters. The second-order valence-electron chi connectivity index (χ2n) is 11.5. The standard InChI is InChI=1S/C31H22BrCl2N3O7/c32-14-35-28(41)30(33)13-22-20(25(31(30,34)29(35)42)19-10-11-23(38)18-7-2-1-6-17(18)19)8-9-21-24(22)27(40)36(26(21)39)15-4-3-5-16(12-15)37(43)44/h1-8,10-12,21-22,24-25,38H,9,13-14H2/t21-,22+,24-,25-,30+,31-/m0/s1. The molecule has 3 fully saturated rings. The predicted molar refractivity (Wildman–Crippen MR) is 165 cm³/mol. The van der Waals surface area contributed by atoms with Gasteiger partial charge in [0.25, 0.3) is 17.5 Å². The van der Waals surface area contributed by atoms with E-state index in [1.807, 2.05) is 6.08 Å². The number of halogens is 3. The van der Waals surface area contributed by atoms with E-state index in [-0.39, 0.29) is 35.4 Å². The number of nitrogens with zero attached hydrogens (tertiary/aromatic N) is 3. The Morgan fingerprint density at radius 2 is 1.68 bits per heavy atom. The number of allylic oxidation sites excluding steroid dienone is 2. The van der Waals surface area contributed by atoms with Crippen molar-refractivity contribution in [2.24, 2.45) is 17.8 Å². The van der Waals surface area contributed by atoms with Crippen LogP contribution in [-0.2, 0) is 19.2 Å². The maximum atomic E-state index is 14.2. The molecule has 4 aliphatic rings. The first kappa shape index (κ1) is 28.9. The van der Waals surface area contributed by atoms with Crippen molar-refractivity contribution in [1.82, 2.24) is 4.90 Å². The maximum absolute atomic E-state index is 14.2. The van der Waals surface area contributed by atoms with E-state index in [1.54, 1.807) is 30.3 Å². The lowest BCUT2D eigenvalue weighted by Crippen LogP contribution is -2.60. The molecule has 6 atom stereocenters. The van der Waals surface area contributed by atoms with Crippen molar-refractivity contribution in [3.05, 3.63) is 88.0 Å². The molecular formula is C31H22BrCl2N3O7. The molecule has 44 heavy (non-hydrogen) atoms. The first-order valence-electron chi connectivity index (χ1n) is 13.8. The number of carbonyl (C=O) groups is 4. The Morgan fingerprint density at radius 3 is 2.39 bits per heavy atom. The fraction of sp³-hybridized carbons (Fsp3) is 0.290. The number of phenols is 1. The van der Waals surface area contributed by atoms with Gasteiger partial charge in [0.15, 0.2) is 9.75 Å². The molecule has 13 heteroatoms. The second-order valence-corrected chi connectivity index (χ2v) is 13.2. The number of nitro benzene ring substituents is 1. The van der Waals surface area contributed by atoms with E-state index in [0.29, 0.717) is 21.9 Å². The Hall–Kier alpha value is -3.80. The monoisotopic (exact) mass is 697 g/mol. The van der Waals surface area contributed by atoms with E-state index < -0.39 is 62.0 Å². The summed E-state index contributed by atoms with van der Waals surface area (Å²) < 4.78 is 0. The summed E-state index contributed by atoms with van der Waals surface area (Å²) >= 11 is 17.8. The summed E-state index contributed by atoms with van der Waals surface area (Å²) in [7, 11) is 0. The molecule has 2 heterocycles. The topological polar surface area (TPSA) is 138 Å². The van der Waals surface area contributed by atoms with Gasteiger partial charge in [-0.1, -0.05) is 64.0 Å². The zero-order chi connectivity index (χ0) is 31.3. The zero-order valence-corrected chi connectivity index (χ0v) is 25.8. The molecule has 1 saturated carbocycles. The van der Waals surface area contributed by atoms with Crippen LogP contribution in [0.25, 0.3) is 10.8 Å². The molecule has 2 aliphatic carbocycles. The normalized spacial score (nSPS) is 31.2. The lowest BCUT2D eigenvalue weighted by atomic mass is 9.56. The number of alkyl halides is 3. The number of hydrogen-bond acceptors (Lipinski definition) is 7. The number of carbonyl (C=O) groups excluding carboxylic acids is 4. The fourth-order valence-corrected chi connectivity index (χ4v) is 9.07. The lowest BCUT2D eigenvalue weighted by molar-refractivity contribution is -0.384. The van der Waals surface area contributed by atoms with Crippen LogP contribution < -0.4 is 4.90 Å². The van der Waals surface area contributed by atoms with Gasteiger partial charge in [-0.05, 0) is 41.8 Å². The number of imide groups is 2. The Bertz CT molecular complexity index is 1880. The Balaban J connectivity index is 1.42. The Kier molecular flexibility index (Phi) is 6.48. The zero-order valence-electron chi connectivity index (χ0n) is 22.7. The molecule has 4 amide bonds. The Morgan fingerprint density at radius 1 is 0.955 bits per heavy atom. The van der Waals surface area contributed by atoms with Gasteiger partial charge in [-0.2, -0.15) is 0 Å². The molecular weight excluding hydrogens is 677 g/mol. The molecule has 2 aliphatic heterocycles. The van der Waals surface area contributed by atoms with Crippen LogP contribution in [0.3, 0.4) is 0 Å². The summed E-state index contributed by atoms with van der Waals surface area (Å²) in [5, 5.41) is 23.2. The number of non-ortho nitro benzene ring substituents is 1. The van der Waals surface area contributed by atoms with E-state index >= 15 is 0 Å². The minimum Gasteiger partial charge on any atom is -0.507 e. The third-order valence-corrected chi connectivity index (χ3v) is 11.5. The highest BCUT2D eigenvalue weighted by atomic mass is 79.9. The highest BCUT2D eigenvalue weighted by Crippen LogP contribution is 2.66. The van der Waals surface area contributed by atoms with Gasteiger partial charge in [-0.25, -0.2) is 4.90 Å². The van der Waals surface area contributed by atoms with Gasteiger partial charge in [0.2, 0.25) is 11.8 Å². The van der Waals surface area contributed by atoms with Crippen molar-refractivity contribution in [3.8, 4) is 5.75 Å². The number of fused-ring (bicyclic) bond motifs is 5. The number of benzene rings is 3. The third-order valence-electron chi connectivity index (χ3n) is 9.56. The molecule has 10 nitrogen and oxygen atoms in total. The SMILES string of the molecule is O=C1[C@H]2[C@H](CC=C3[C@H]2C[C@@]2(Cl)C(=O)N(CBr)C(=O)[C@@]2(Cl)[C@H]3c2ccc(O)c3ccccc23)C(=O)N1c1cccc([N+](=O)[O-])c1. The van der Waals surface area contributed by atoms with Gasteiger partial charge in [0.1, 0.15) is 5.75 Å². The summed E-state index contributed by atoms with van der Waals surface area (Å²) in [5.41, 5.74) is 0.799. The number of rotatable bonds is 4. The van der Waals surface area contributed by atoms with Crippen molar-refractivity contribution < 1.29 is 29.2 Å². The van der Waals surface area contributed by atoms with Crippen LogP contribution in [0.1, 0.15) is 24.3 Å². The molecule has 0 radical (unpaired) electrons. The highest BCUT2D eigenvalue weighted by molar-refractivity contribution is 9.09. The first-order chi connectivity index (χ1) is 21.0. The van der Waals surface area contributed by atoms with Crippen LogP contribution >= 0.6 is 39.1 Å². The molecule has 0 bridgehead atoms. The summed E-state index contributed by atoms with van der Waals surface area (Å²) in [4.78, 5) is 64.6. The van der Waals surface area contributed by atoms with Crippen molar-refractivity contribution in [1.29, 1.82) is 0 Å². The average molecular weight is 699 g/mol. The molecule has 3 aromatic carbocycles. The van der Waals surface area contributed by atoms with Crippen molar-refractivity contribution in [3.63, 3.8) is 0 Å². The van der Waals surface area contributed by atoms with Gasteiger partial charge >= 0.3 is 0 Å². The van der Waals surface area contributed by atoms with Gasteiger partial charge in [-0.15, -0.1) is 23.2 Å². The van der Waals surface area contributed by atoms with Gasteiger partial charge < -0.3 is 5.11 Å². The third kappa shape index (κ3) is 3.60. The van der Waals surface area contributed by atoms with E-state index in [4.69, 9.17) is 23.2 Å². The van der Waals surface area contributed by atoms with Crippen LogP contribution in [0.2, 0.25) is 0 Å². The number of aromatic hydroxyl groups is 1. The molecule has 224 valence electrons. The molecule has 0 aromatic heterocycles. The van der Waals surface area contributed by atoms with E-state index in [1.165, 1.54) is 30.3 Å². The number of phenolic OH excluding ortho intramolecular Hbond substituents is 1. The fourth-order valence-electron chi connectivity index (χ4n) is 7.66. The number of nitro groups is 1. The second kappa shape index (κ2) is 9.85. The van der Waals surface area contributed by atoms with Crippen molar-refractivity contribution >= 4 is 84.9 Å². The minimum atomic E-state index is -1.99. The average Bonchev–Trinajstić information content (AvgIpc) is 3.35. The van der Waals surface area contributed by atoms with E-state index in [0.717, 1.165) is 9.80 Å². The molecule has 1 N–H and O–H groups in total. The van der Waals surface area contributed by atoms with Crippen LogP contribution in [0.5, 0.6) is 5.75 Å². The number of hydrogen-bond donors (Lipinski definition) is 1. The molecule has 7 rings (SSSR count). The Labute approximate surface area is 268 Å². The number of amides is 4. The number of anilines is 1. The first-order valence-corrected chi connectivity index (χ1v) is 15.7. The predicted octanol–water partition coefficient (Wildman–Crippen LogP) is 5.37. The van der Waals surface area contributed by atoms with Crippen LogP contribution in [-0.4, -0.2) is 53.8 Å². The molecule has 2 saturated heterocycles. The van der Waals surface area contributed by atoms with Gasteiger partial charge in [0, 0.05) is 23.4 Å². The number of likely N-dealkylation sites (tertiary alicyclic amines) is 1. The van der Waals surface area contributed by atoms with Crippen molar-refractivity contribution in [2.75, 3.05) is 10.4 Å². The minimum absolute atomic E-state index is 0.00947. The van der Waals surface area contributed by atoms with Crippen molar-refractivity contribution in [2.45, 2.75) is 28.5 Å². The van der Waals surface area contributed by atoms with E-state index in [2.05, 4.69) is 15.9 Å².